The maximum absolute atomic E-state index is 5.79. The number of fused-ring (bicyclic) bond motifs is 1. The molecule has 1 saturated heterocycles. The molecule has 104 valence electrons. The molecule has 1 aromatic carbocycles. The molecule has 1 aromatic rings. The van der Waals surface area contributed by atoms with Gasteiger partial charge < -0.3 is 10.1 Å². The van der Waals surface area contributed by atoms with Gasteiger partial charge in [0.1, 0.15) is 5.75 Å². The van der Waals surface area contributed by atoms with Crippen molar-refractivity contribution < 1.29 is 4.74 Å². The van der Waals surface area contributed by atoms with Gasteiger partial charge >= 0.3 is 0 Å². The van der Waals surface area contributed by atoms with Crippen molar-refractivity contribution in [3.05, 3.63) is 29.8 Å². The number of piperazine rings is 1. The van der Waals surface area contributed by atoms with Gasteiger partial charge in [0.2, 0.25) is 0 Å². The molecule has 19 heavy (non-hydrogen) atoms. The first-order chi connectivity index (χ1) is 9.20. The Bertz CT molecular complexity index is 448. The monoisotopic (exact) mass is 260 g/mol. The number of hydrogen-bond donors (Lipinski definition) is 1. The van der Waals surface area contributed by atoms with E-state index in [1.54, 1.807) is 0 Å². The smallest absolute Gasteiger partial charge is 0.122 e. The summed E-state index contributed by atoms with van der Waals surface area (Å²) >= 11 is 0. The molecule has 3 rings (SSSR count). The third-order valence-corrected chi connectivity index (χ3v) is 4.61. The Morgan fingerprint density at radius 3 is 3.11 bits per heavy atom. The fraction of sp³-hybridized carbons (Fsp3) is 0.625. The molecule has 3 nitrogen and oxygen atoms in total. The van der Waals surface area contributed by atoms with Crippen LogP contribution in [0, 0.1) is 0 Å². The van der Waals surface area contributed by atoms with Crippen LogP contribution in [0.5, 0.6) is 5.75 Å². The maximum atomic E-state index is 5.79. The molecule has 0 bridgehead atoms. The number of hydrogen-bond acceptors (Lipinski definition) is 3. The van der Waals surface area contributed by atoms with Crippen molar-refractivity contribution in [2.24, 2.45) is 0 Å². The van der Waals surface area contributed by atoms with Crippen LogP contribution in [-0.4, -0.2) is 43.2 Å². The topological polar surface area (TPSA) is 24.5 Å². The quantitative estimate of drug-likeness (QED) is 0.902. The number of nitrogens with one attached hydrogen (secondary N) is 1. The van der Waals surface area contributed by atoms with Crippen LogP contribution >= 0.6 is 0 Å². The molecular weight excluding hydrogens is 236 g/mol. The van der Waals surface area contributed by atoms with Gasteiger partial charge in [0.15, 0.2) is 0 Å². The lowest BCUT2D eigenvalue weighted by atomic mass is 9.94. The molecule has 1 N–H and O–H groups in total. The summed E-state index contributed by atoms with van der Waals surface area (Å²) in [5.74, 6) is 1.62. The van der Waals surface area contributed by atoms with E-state index in [0.29, 0.717) is 5.92 Å². The summed E-state index contributed by atoms with van der Waals surface area (Å²) in [6, 6.07) is 8.48. The van der Waals surface area contributed by atoms with Crippen LogP contribution in [0.2, 0.25) is 0 Å². The van der Waals surface area contributed by atoms with Gasteiger partial charge in [-0.25, -0.2) is 0 Å². The summed E-state index contributed by atoms with van der Waals surface area (Å²) < 4.78 is 5.79. The minimum atomic E-state index is 0.275. The van der Waals surface area contributed by atoms with Crippen molar-refractivity contribution in [1.82, 2.24) is 10.2 Å². The van der Waals surface area contributed by atoms with Crippen LogP contribution in [0.4, 0.5) is 0 Å². The predicted octanol–water partition coefficient (Wildman–Crippen LogP) is 2.24. The lowest BCUT2D eigenvalue weighted by Crippen LogP contribution is -2.58. The Hall–Kier alpha value is -1.06. The number of ether oxygens (including phenoxy) is 1. The van der Waals surface area contributed by atoms with Crippen LogP contribution in [0.15, 0.2) is 24.3 Å². The van der Waals surface area contributed by atoms with E-state index < -0.39 is 0 Å². The van der Waals surface area contributed by atoms with E-state index in [0.717, 1.165) is 38.5 Å². The van der Waals surface area contributed by atoms with Gasteiger partial charge in [-0.1, -0.05) is 25.1 Å². The third-order valence-electron chi connectivity index (χ3n) is 4.61. The van der Waals surface area contributed by atoms with Crippen LogP contribution in [-0.2, 0) is 0 Å². The summed E-state index contributed by atoms with van der Waals surface area (Å²) in [5, 5.41) is 3.65. The second-order valence-electron chi connectivity index (χ2n) is 6.12. The van der Waals surface area contributed by atoms with Crippen molar-refractivity contribution >= 4 is 0 Å². The lowest BCUT2D eigenvalue weighted by Gasteiger charge is -2.41. The molecule has 2 aliphatic heterocycles. The molecule has 3 heteroatoms. The van der Waals surface area contributed by atoms with Crippen molar-refractivity contribution in [3.63, 3.8) is 0 Å². The summed E-state index contributed by atoms with van der Waals surface area (Å²) in [7, 11) is 0. The van der Waals surface area contributed by atoms with E-state index in [2.05, 4.69) is 48.3 Å². The minimum absolute atomic E-state index is 0.275. The zero-order chi connectivity index (χ0) is 13.3. The average molecular weight is 260 g/mol. The molecule has 2 heterocycles. The highest BCUT2D eigenvalue weighted by molar-refractivity contribution is 5.39. The number of nitrogens with zero attached hydrogens (tertiary/aromatic N) is 1. The zero-order valence-electron chi connectivity index (χ0n) is 12.0. The highest BCUT2D eigenvalue weighted by Crippen LogP contribution is 2.34. The van der Waals surface area contributed by atoms with Gasteiger partial charge in [0, 0.05) is 43.2 Å². The molecule has 2 atom stereocenters. The first-order valence-corrected chi connectivity index (χ1v) is 7.39. The fourth-order valence-corrected chi connectivity index (χ4v) is 3.23. The SMILES string of the molecule is CCC1(C)CN(CC2COc3ccccc32)CCN1. The Morgan fingerprint density at radius 1 is 1.42 bits per heavy atom. The average Bonchev–Trinajstić information content (AvgIpc) is 2.83. The normalized spacial score (nSPS) is 30.9. The lowest BCUT2D eigenvalue weighted by molar-refractivity contribution is 0.128. The summed E-state index contributed by atoms with van der Waals surface area (Å²) in [6.45, 7) is 9.94. The number of benzene rings is 1. The minimum Gasteiger partial charge on any atom is -0.493 e. The van der Waals surface area contributed by atoms with Crippen molar-refractivity contribution in [3.8, 4) is 5.75 Å². The summed E-state index contributed by atoms with van der Waals surface area (Å²) in [5.41, 5.74) is 1.66. The fourth-order valence-electron chi connectivity index (χ4n) is 3.23. The molecule has 0 aromatic heterocycles. The van der Waals surface area contributed by atoms with Crippen LogP contribution in [0.3, 0.4) is 0 Å². The molecule has 2 unspecified atom stereocenters. The number of para-hydroxylation sites is 1. The van der Waals surface area contributed by atoms with Crippen LogP contribution in [0.25, 0.3) is 0 Å². The zero-order valence-corrected chi connectivity index (χ0v) is 12.0. The van der Waals surface area contributed by atoms with Crippen LogP contribution < -0.4 is 10.1 Å². The molecule has 0 radical (unpaired) electrons. The standard InChI is InChI=1S/C16H24N2O/c1-3-16(2)12-18(9-8-17-16)10-13-11-19-15-7-5-4-6-14(13)15/h4-7,13,17H,3,8-12H2,1-2H3. The molecule has 0 saturated carbocycles. The van der Waals surface area contributed by atoms with Gasteiger partial charge in [0.25, 0.3) is 0 Å². The molecule has 2 aliphatic rings. The summed E-state index contributed by atoms with van der Waals surface area (Å²) in [6.07, 6.45) is 1.18. The predicted molar refractivity (Wildman–Crippen MR) is 77.8 cm³/mol. The van der Waals surface area contributed by atoms with E-state index in [1.807, 2.05) is 0 Å². The molecule has 0 aliphatic carbocycles. The Kier molecular flexibility index (Phi) is 3.50. The Balaban J connectivity index is 1.66. The van der Waals surface area contributed by atoms with Crippen molar-refractivity contribution in [2.75, 3.05) is 32.8 Å². The van der Waals surface area contributed by atoms with E-state index in [-0.39, 0.29) is 5.54 Å². The second-order valence-corrected chi connectivity index (χ2v) is 6.12. The largest absolute Gasteiger partial charge is 0.493 e. The van der Waals surface area contributed by atoms with E-state index in [9.17, 15) is 0 Å². The van der Waals surface area contributed by atoms with Gasteiger partial charge in [-0.15, -0.1) is 0 Å². The highest BCUT2D eigenvalue weighted by atomic mass is 16.5. The molecular formula is C16H24N2O. The molecule has 1 fully saturated rings. The second kappa shape index (κ2) is 5.14. The maximum Gasteiger partial charge on any atom is 0.122 e. The Morgan fingerprint density at radius 2 is 2.26 bits per heavy atom. The first kappa shape index (κ1) is 12.9. The van der Waals surface area contributed by atoms with Gasteiger partial charge in [-0.05, 0) is 19.4 Å². The molecule has 0 spiro atoms. The van der Waals surface area contributed by atoms with Gasteiger partial charge in [-0.2, -0.15) is 0 Å². The van der Waals surface area contributed by atoms with Crippen molar-refractivity contribution in [2.45, 2.75) is 31.7 Å². The molecule has 0 amide bonds. The Labute approximate surface area is 115 Å². The van der Waals surface area contributed by atoms with Crippen LogP contribution in [0.1, 0.15) is 31.7 Å². The van der Waals surface area contributed by atoms with E-state index in [4.69, 9.17) is 4.74 Å². The van der Waals surface area contributed by atoms with E-state index >= 15 is 0 Å². The van der Waals surface area contributed by atoms with E-state index in [1.165, 1.54) is 12.0 Å². The van der Waals surface area contributed by atoms with Gasteiger partial charge in [-0.3, -0.25) is 4.90 Å². The highest BCUT2D eigenvalue weighted by Gasteiger charge is 2.32. The third kappa shape index (κ3) is 2.63. The first-order valence-electron chi connectivity index (χ1n) is 7.39. The van der Waals surface area contributed by atoms with Gasteiger partial charge in [0.05, 0.1) is 6.61 Å². The van der Waals surface area contributed by atoms with Crippen molar-refractivity contribution in [1.29, 1.82) is 0 Å². The number of rotatable bonds is 3. The summed E-state index contributed by atoms with van der Waals surface area (Å²) in [4.78, 5) is 2.59.